The molecule has 0 aliphatic carbocycles. The lowest BCUT2D eigenvalue weighted by atomic mass is 9.90. The van der Waals surface area contributed by atoms with E-state index in [9.17, 15) is 9.59 Å². The van der Waals surface area contributed by atoms with Crippen molar-refractivity contribution in [2.45, 2.75) is 51.1 Å². The van der Waals surface area contributed by atoms with Crippen molar-refractivity contribution in [3.05, 3.63) is 70.6 Å². The Labute approximate surface area is 195 Å². The zero-order valence-electron chi connectivity index (χ0n) is 19.5. The second-order valence-electron chi connectivity index (χ2n) is 9.72. The lowest BCUT2D eigenvalue weighted by Gasteiger charge is -2.39. The Hall–Kier alpha value is -2.86. The van der Waals surface area contributed by atoms with Crippen LogP contribution in [-0.2, 0) is 11.2 Å². The Morgan fingerprint density at radius 2 is 1.61 bits per heavy atom. The maximum Gasteiger partial charge on any atom is 0.326 e. The van der Waals surface area contributed by atoms with Gasteiger partial charge in [-0.05, 0) is 62.6 Å². The van der Waals surface area contributed by atoms with Crippen LogP contribution in [0.15, 0.2) is 59.4 Å². The van der Waals surface area contributed by atoms with Crippen molar-refractivity contribution >= 4 is 16.9 Å². The molecule has 1 aromatic heterocycles. The molecule has 0 spiro atoms. The van der Waals surface area contributed by atoms with Gasteiger partial charge in [0.2, 0.25) is 5.91 Å². The number of aromatic nitrogens is 2. The first-order valence-electron chi connectivity index (χ1n) is 12.4. The Balaban J connectivity index is 1.14. The van der Waals surface area contributed by atoms with E-state index >= 15 is 0 Å². The van der Waals surface area contributed by atoms with Gasteiger partial charge in [-0.3, -0.25) is 14.3 Å². The van der Waals surface area contributed by atoms with Crippen molar-refractivity contribution in [3.63, 3.8) is 0 Å². The summed E-state index contributed by atoms with van der Waals surface area (Å²) >= 11 is 0. The van der Waals surface area contributed by atoms with Crippen LogP contribution >= 0.6 is 0 Å². The van der Waals surface area contributed by atoms with Gasteiger partial charge in [0.05, 0.1) is 17.1 Å². The Bertz CT molecular complexity index is 1140. The molecule has 1 amide bonds. The van der Waals surface area contributed by atoms with E-state index in [4.69, 9.17) is 0 Å². The van der Waals surface area contributed by atoms with Gasteiger partial charge in [0.25, 0.3) is 0 Å². The quantitative estimate of drug-likeness (QED) is 0.648. The molecule has 6 heteroatoms. The highest BCUT2D eigenvalue weighted by Crippen LogP contribution is 2.27. The van der Waals surface area contributed by atoms with Gasteiger partial charge in [0.1, 0.15) is 0 Å². The highest BCUT2D eigenvalue weighted by molar-refractivity contribution is 5.81. The van der Waals surface area contributed by atoms with Gasteiger partial charge in [0, 0.05) is 32.2 Å². The van der Waals surface area contributed by atoms with Gasteiger partial charge in [-0.25, -0.2) is 4.79 Å². The maximum absolute atomic E-state index is 13.2. The maximum atomic E-state index is 13.2. The van der Waals surface area contributed by atoms with Crippen LogP contribution in [0.25, 0.3) is 11.0 Å². The number of aromatic amines is 1. The first kappa shape index (κ1) is 22.0. The standard InChI is InChI=1S/C27H34N4O2/c1-20(26(32)30-15-11-22(12-16-30)19-21-7-3-2-4-8-21)29-17-13-23(14-18-29)31-25-10-6-5-9-24(25)28-27(31)33/h2-10,20,22-23H,11-19H2,1H3,(H,28,33)/t20-/m1/s1. The summed E-state index contributed by atoms with van der Waals surface area (Å²) in [5.41, 5.74) is 3.23. The summed E-state index contributed by atoms with van der Waals surface area (Å²) in [6.45, 7) is 5.46. The molecule has 1 atom stereocenters. The number of fused-ring (bicyclic) bond motifs is 1. The summed E-state index contributed by atoms with van der Waals surface area (Å²) in [6, 6.07) is 18.6. The number of likely N-dealkylation sites (tertiary alicyclic amines) is 2. The van der Waals surface area contributed by atoms with Gasteiger partial charge < -0.3 is 9.88 Å². The number of carbonyl (C=O) groups is 1. The zero-order valence-corrected chi connectivity index (χ0v) is 19.5. The van der Waals surface area contributed by atoms with E-state index in [-0.39, 0.29) is 23.7 Å². The van der Waals surface area contributed by atoms with Crippen LogP contribution in [0.1, 0.15) is 44.2 Å². The van der Waals surface area contributed by atoms with E-state index in [2.05, 4.69) is 52.0 Å². The summed E-state index contributed by atoms with van der Waals surface area (Å²) < 4.78 is 1.91. The molecular weight excluding hydrogens is 412 g/mol. The molecule has 1 N–H and O–H groups in total. The monoisotopic (exact) mass is 446 g/mol. The minimum Gasteiger partial charge on any atom is -0.341 e. The second-order valence-corrected chi connectivity index (χ2v) is 9.72. The molecule has 3 heterocycles. The number of nitrogens with zero attached hydrogens (tertiary/aromatic N) is 3. The molecule has 6 nitrogen and oxygen atoms in total. The van der Waals surface area contributed by atoms with Crippen LogP contribution in [0, 0.1) is 5.92 Å². The van der Waals surface area contributed by atoms with Crippen LogP contribution in [-0.4, -0.2) is 57.5 Å². The minimum absolute atomic E-state index is 0.0304. The number of rotatable bonds is 5. The van der Waals surface area contributed by atoms with Crippen molar-refractivity contribution < 1.29 is 4.79 Å². The first-order valence-corrected chi connectivity index (χ1v) is 12.4. The van der Waals surface area contributed by atoms with Crippen molar-refractivity contribution in [1.29, 1.82) is 0 Å². The molecule has 2 aromatic carbocycles. The number of amides is 1. The highest BCUT2D eigenvalue weighted by atomic mass is 16.2. The van der Waals surface area contributed by atoms with E-state index in [0.717, 1.165) is 69.3 Å². The van der Waals surface area contributed by atoms with Crippen molar-refractivity contribution in [3.8, 4) is 0 Å². The molecule has 5 rings (SSSR count). The first-order chi connectivity index (χ1) is 16.1. The number of para-hydroxylation sites is 2. The fraction of sp³-hybridized carbons (Fsp3) is 0.481. The lowest BCUT2D eigenvalue weighted by Crippen LogP contribution is -2.51. The van der Waals surface area contributed by atoms with E-state index < -0.39 is 0 Å². The summed E-state index contributed by atoms with van der Waals surface area (Å²) in [6.07, 6.45) is 5.05. The van der Waals surface area contributed by atoms with Crippen LogP contribution in [0.2, 0.25) is 0 Å². The Morgan fingerprint density at radius 1 is 0.939 bits per heavy atom. The fourth-order valence-corrected chi connectivity index (χ4v) is 5.69. The smallest absolute Gasteiger partial charge is 0.326 e. The summed E-state index contributed by atoms with van der Waals surface area (Å²) in [5.74, 6) is 0.924. The average molecular weight is 447 g/mol. The van der Waals surface area contributed by atoms with Crippen molar-refractivity contribution in [2.24, 2.45) is 5.92 Å². The van der Waals surface area contributed by atoms with Gasteiger partial charge in [0.15, 0.2) is 0 Å². The van der Waals surface area contributed by atoms with Gasteiger partial charge in [-0.2, -0.15) is 0 Å². The predicted octanol–water partition coefficient (Wildman–Crippen LogP) is 3.84. The van der Waals surface area contributed by atoms with Crippen molar-refractivity contribution in [1.82, 2.24) is 19.4 Å². The molecule has 3 aromatic rings. The molecule has 2 fully saturated rings. The van der Waals surface area contributed by atoms with Gasteiger partial charge in [-0.15, -0.1) is 0 Å². The molecule has 33 heavy (non-hydrogen) atoms. The summed E-state index contributed by atoms with van der Waals surface area (Å²) in [5, 5.41) is 0. The van der Waals surface area contributed by atoms with E-state index in [1.54, 1.807) is 0 Å². The van der Waals surface area contributed by atoms with Crippen LogP contribution in [0.4, 0.5) is 0 Å². The number of hydrogen-bond acceptors (Lipinski definition) is 3. The number of H-pyrrole nitrogens is 1. The number of nitrogens with one attached hydrogen (secondary N) is 1. The number of benzene rings is 2. The van der Waals surface area contributed by atoms with E-state index in [1.165, 1.54) is 5.56 Å². The third kappa shape index (κ3) is 4.62. The second kappa shape index (κ2) is 9.56. The third-order valence-corrected chi connectivity index (χ3v) is 7.69. The van der Waals surface area contributed by atoms with Crippen molar-refractivity contribution in [2.75, 3.05) is 26.2 Å². The SMILES string of the molecule is C[C@H](C(=O)N1CCC(Cc2ccccc2)CC1)N1CCC(n2c(=O)[nH]c3ccccc32)CC1. The molecule has 0 radical (unpaired) electrons. The van der Waals surface area contributed by atoms with Crippen LogP contribution in [0.5, 0.6) is 0 Å². The number of piperidine rings is 2. The summed E-state index contributed by atoms with van der Waals surface area (Å²) in [4.78, 5) is 33.1. The Morgan fingerprint density at radius 3 is 2.33 bits per heavy atom. The molecule has 2 aliphatic heterocycles. The summed E-state index contributed by atoms with van der Waals surface area (Å²) in [7, 11) is 0. The fourth-order valence-electron chi connectivity index (χ4n) is 5.69. The molecule has 174 valence electrons. The van der Waals surface area contributed by atoms with E-state index in [0.29, 0.717) is 5.92 Å². The minimum atomic E-state index is -0.101. The molecule has 2 saturated heterocycles. The topological polar surface area (TPSA) is 61.3 Å². The molecule has 0 unspecified atom stereocenters. The van der Waals surface area contributed by atoms with Crippen LogP contribution in [0.3, 0.4) is 0 Å². The third-order valence-electron chi connectivity index (χ3n) is 7.69. The van der Waals surface area contributed by atoms with E-state index in [1.807, 2.05) is 28.8 Å². The molecule has 0 saturated carbocycles. The van der Waals surface area contributed by atoms with Gasteiger partial charge in [-0.1, -0.05) is 42.5 Å². The number of carbonyl (C=O) groups excluding carboxylic acids is 1. The van der Waals surface area contributed by atoms with Gasteiger partial charge >= 0.3 is 5.69 Å². The highest BCUT2D eigenvalue weighted by Gasteiger charge is 2.32. The molecular formula is C27H34N4O2. The molecule has 2 aliphatic rings. The predicted molar refractivity (Wildman–Crippen MR) is 131 cm³/mol. The zero-order chi connectivity index (χ0) is 22.8. The normalized spacial score (nSPS) is 19.7. The number of hydrogen-bond donors (Lipinski definition) is 1. The largest absolute Gasteiger partial charge is 0.341 e. The molecule has 0 bridgehead atoms. The Kier molecular flexibility index (Phi) is 6.36. The average Bonchev–Trinajstić information content (AvgIpc) is 3.20. The van der Waals surface area contributed by atoms with Crippen LogP contribution < -0.4 is 5.69 Å². The number of imidazole rings is 1. The lowest BCUT2D eigenvalue weighted by molar-refractivity contribution is -0.138.